The number of hydrogen-bond acceptors (Lipinski definition) is 5. The molecule has 19 heavy (non-hydrogen) atoms. The number of anilines is 1. The zero-order valence-electron chi connectivity index (χ0n) is 11.6. The van der Waals surface area contributed by atoms with Crippen LogP contribution in [-0.4, -0.2) is 55.7 Å². The van der Waals surface area contributed by atoms with E-state index in [1.165, 1.54) is 57.1 Å². The molecule has 0 radical (unpaired) electrons. The van der Waals surface area contributed by atoms with E-state index in [1.54, 1.807) is 11.3 Å². The number of aromatic nitrogens is 1. The van der Waals surface area contributed by atoms with Crippen molar-refractivity contribution in [2.45, 2.75) is 19.3 Å². The quantitative estimate of drug-likeness (QED) is 0.889. The van der Waals surface area contributed by atoms with Crippen LogP contribution in [0.4, 0.5) is 5.13 Å². The van der Waals surface area contributed by atoms with E-state index in [0.717, 1.165) is 19.0 Å². The molecule has 0 aliphatic carbocycles. The molecule has 3 heterocycles. The van der Waals surface area contributed by atoms with E-state index in [-0.39, 0.29) is 0 Å². The lowest BCUT2D eigenvalue weighted by molar-refractivity contribution is 0.247. The first-order valence-corrected chi connectivity index (χ1v) is 8.37. The van der Waals surface area contributed by atoms with Crippen molar-refractivity contribution < 1.29 is 0 Å². The molecule has 2 saturated heterocycles. The van der Waals surface area contributed by atoms with Gasteiger partial charge in [-0.2, -0.15) is 0 Å². The molecule has 5 heteroatoms. The predicted molar refractivity (Wildman–Crippen MR) is 81.0 cm³/mol. The van der Waals surface area contributed by atoms with Crippen LogP contribution < -0.4 is 10.2 Å². The first kappa shape index (κ1) is 13.3. The van der Waals surface area contributed by atoms with Gasteiger partial charge in [0.05, 0.1) is 0 Å². The van der Waals surface area contributed by atoms with E-state index in [1.807, 2.05) is 6.20 Å². The predicted octanol–water partition coefficient (Wildman–Crippen LogP) is 1.65. The summed E-state index contributed by atoms with van der Waals surface area (Å²) in [6.45, 7) is 8.43. The zero-order chi connectivity index (χ0) is 12.9. The van der Waals surface area contributed by atoms with Crippen LogP contribution in [0.2, 0.25) is 0 Å². The summed E-state index contributed by atoms with van der Waals surface area (Å²) in [5.74, 6) is 0.941. The Hall–Kier alpha value is -0.650. The molecular weight excluding hydrogens is 256 g/mol. The Kier molecular flexibility index (Phi) is 4.69. The van der Waals surface area contributed by atoms with Crippen molar-refractivity contribution in [1.29, 1.82) is 0 Å². The number of thiazole rings is 1. The summed E-state index contributed by atoms with van der Waals surface area (Å²) in [4.78, 5) is 9.43. The molecule has 106 valence electrons. The fourth-order valence-electron chi connectivity index (χ4n) is 3.10. The normalized spacial score (nSPS) is 25.1. The minimum atomic E-state index is 0.941. The van der Waals surface area contributed by atoms with Crippen LogP contribution in [0.25, 0.3) is 0 Å². The van der Waals surface area contributed by atoms with Crippen LogP contribution in [0.1, 0.15) is 19.3 Å². The second-order valence-electron chi connectivity index (χ2n) is 5.64. The van der Waals surface area contributed by atoms with Crippen molar-refractivity contribution in [3.05, 3.63) is 11.6 Å². The highest BCUT2D eigenvalue weighted by atomic mass is 32.1. The van der Waals surface area contributed by atoms with Crippen molar-refractivity contribution in [3.63, 3.8) is 0 Å². The fraction of sp³-hybridized carbons (Fsp3) is 0.786. The van der Waals surface area contributed by atoms with Crippen LogP contribution in [0.5, 0.6) is 0 Å². The van der Waals surface area contributed by atoms with E-state index in [9.17, 15) is 0 Å². The minimum absolute atomic E-state index is 0.941. The fourth-order valence-corrected chi connectivity index (χ4v) is 3.80. The number of hydrogen-bond donors (Lipinski definition) is 1. The van der Waals surface area contributed by atoms with Gasteiger partial charge in [-0.05, 0) is 44.8 Å². The third-order valence-electron chi connectivity index (χ3n) is 4.31. The summed E-state index contributed by atoms with van der Waals surface area (Å²) in [7, 11) is 0. The van der Waals surface area contributed by atoms with Crippen LogP contribution >= 0.6 is 11.3 Å². The number of rotatable bonds is 5. The highest BCUT2D eigenvalue weighted by Crippen LogP contribution is 2.19. The maximum absolute atomic E-state index is 4.40. The maximum atomic E-state index is 4.40. The Balaban J connectivity index is 1.34. The van der Waals surface area contributed by atoms with Gasteiger partial charge in [-0.1, -0.05) is 0 Å². The molecule has 0 aromatic carbocycles. The lowest BCUT2D eigenvalue weighted by Gasteiger charge is -2.34. The van der Waals surface area contributed by atoms with Gasteiger partial charge in [0.15, 0.2) is 5.13 Å². The highest BCUT2D eigenvalue weighted by Gasteiger charge is 2.19. The van der Waals surface area contributed by atoms with Crippen molar-refractivity contribution >= 4 is 16.5 Å². The van der Waals surface area contributed by atoms with E-state index in [4.69, 9.17) is 0 Å². The number of nitrogens with zero attached hydrogens (tertiary/aromatic N) is 3. The molecule has 0 amide bonds. The van der Waals surface area contributed by atoms with Crippen LogP contribution in [0.3, 0.4) is 0 Å². The van der Waals surface area contributed by atoms with E-state index in [0.29, 0.717) is 0 Å². The third kappa shape index (κ3) is 3.68. The molecule has 1 aromatic heterocycles. The Bertz CT molecular complexity index is 354. The first-order chi connectivity index (χ1) is 9.42. The molecule has 1 unspecified atom stereocenters. The van der Waals surface area contributed by atoms with Gasteiger partial charge in [-0.15, -0.1) is 11.3 Å². The van der Waals surface area contributed by atoms with Crippen LogP contribution in [-0.2, 0) is 0 Å². The van der Waals surface area contributed by atoms with E-state index >= 15 is 0 Å². The van der Waals surface area contributed by atoms with Crippen molar-refractivity contribution in [3.8, 4) is 0 Å². The van der Waals surface area contributed by atoms with Gasteiger partial charge in [-0.25, -0.2) is 4.98 Å². The Labute approximate surface area is 119 Å². The van der Waals surface area contributed by atoms with Gasteiger partial charge in [0, 0.05) is 37.8 Å². The average molecular weight is 280 g/mol. The van der Waals surface area contributed by atoms with Crippen LogP contribution in [0, 0.1) is 5.92 Å². The Morgan fingerprint density at radius 3 is 2.89 bits per heavy atom. The smallest absolute Gasteiger partial charge is 0.185 e. The summed E-state index contributed by atoms with van der Waals surface area (Å²) in [5, 5.41) is 6.71. The monoisotopic (exact) mass is 280 g/mol. The molecule has 4 nitrogen and oxygen atoms in total. The molecule has 2 aliphatic heterocycles. The molecule has 3 rings (SSSR count). The summed E-state index contributed by atoms with van der Waals surface area (Å²) < 4.78 is 0. The Morgan fingerprint density at radius 2 is 2.21 bits per heavy atom. The number of piperazine rings is 1. The summed E-state index contributed by atoms with van der Waals surface area (Å²) in [6.07, 6.45) is 6.06. The van der Waals surface area contributed by atoms with Crippen molar-refractivity contribution in [2.24, 2.45) is 5.92 Å². The van der Waals surface area contributed by atoms with Crippen LogP contribution in [0.15, 0.2) is 11.6 Å². The standard InChI is InChI=1S/C14H24N4S/c1(2-13-3-4-15-12-13)6-17-7-9-18(10-8-17)14-16-5-11-19-14/h5,11,13,15H,1-4,6-10,12H2. The largest absolute Gasteiger partial charge is 0.346 e. The lowest BCUT2D eigenvalue weighted by Crippen LogP contribution is -2.46. The molecule has 1 atom stereocenters. The zero-order valence-corrected chi connectivity index (χ0v) is 12.4. The minimum Gasteiger partial charge on any atom is -0.346 e. The number of nitrogens with one attached hydrogen (secondary N) is 1. The summed E-state index contributed by atoms with van der Waals surface area (Å²) in [5.41, 5.74) is 0. The first-order valence-electron chi connectivity index (χ1n) is 7.49. The molecule has 0 spiro atoms. The molecule has 2 aliphatic rings. The van der Waals surface area contributed by atoms with Gasteiger partial charge in [0.25, 0.3) is 0 Å². The topological polar surface area (TPSA) is 31.4 Å². The van der Waals surface area contributed by atoms with Crippen molar-refractivity contribution in [2.75, 3.05) is 50.7 Å². The van der Waals surface area contributed by atoms with Crippen molar-refractivity contribution in [1.82, 2.24) is 15.2 Å². The van der Waals surface area contributed by atoms with Gasteiger partial charge >= 0.3 is 0 Å². The SMILES string of the molecule is c1csc(N2CCN(CCCC3CCNC3)CC2)n1. The second-order valence-corrected chi connectivity index (χ2v) is 6.52. The second kappa shape index (κ2) is 6.68. The summed E-state index contributed by atoms with van der Waals surface area (Å²) in [6, 6.07) is 0. The Morgan fingerprint density at radius 1 is 1.32 bits per heavy atom. The van der Waals surface area contributed by atoms with Gasteiger partial charge in [0.2, 0.25) is 0 Å². The van der Waals surface area contributed by atoms with Gasteiger partial charge < -0.3 is 10.2 Å². The van der Waals surface area contributed by atoms with E-state index in [2.05, 4.69) is 25.5 Å². The molecule has 1 N–H and O–H groups in total. The molecular formula is C14H24N4S. The lowest BCUT2D eigenvalue weighted by atomic mass is 10.0. The summed E-state index contributed by atoms with van der Waals surface area (Å²) >= 11 is 1.75. The molecule has 0 bridgehead atoms. The maximum Gasteiger partial charge on any atom is 0.185 e. The molecule has 0 saturated carbocycles. The molecule has 1 aromatic rings. The van der Waals surface area contributed by atoms with Gasteiger partial charge in [0.1, 0.15) is 0 Å². The molecule has 2 fully saturated rings. The third-order valence-corrected chi connectivity index (χ3v) is 5.14. The highest BCUT2D eigenvalue weighted by molar-refractivity contribution is 7.13. The van der Waals surface area contributed by atoms with E-state index < -0.39 is 0 Å². The average Bonchev–Trinajstić information content (AvgIpc) is 3.13. The van der Waals surface area contributed by atoms with Gasteiger partial charge in [-0.3, -0.25) is 4.90 Å².